The highest BCUT2D eigenvalue weighted by Crippen LogP contribution is 2.38. The summed E-state index contributed by atoms with van der Waals surface area (Å²) in [5.74, 6) is 5.91. The third kappa shape index (κ3) is 2.96. The van der Waals surface area contributed by atoms with Crippen LogP contribution in [0.4, 0.5) is 0 Å². The first-order valence-electron chi connectivity index (χ1n) is 9.99. The van der Waals surface area contributed by atoms with Gasteiger partial charge in [0.2, 0.25) is 0 Å². The molecular formula is C26H19NOS2. The van der Waals surface area contributed by atoms with Crippen molar-refractivity contribution < 1.29 is 4.84 Å². The first-order valence-corrected chi connectivity index (χ1v) is 11.7. The molecule has 2 heterocycles. The molecule has 0 amide bonds. The summed E-state index contributed by atoms with van der Waals surface area (Å²) < 4.78 is 2.77. The quantitative estimate of drug-likeness (QED) is 0.235. The fourth-order valence-electron chi connectivity index (χ4n) is 4.25. The molecule has 0 radical (unpaired) electrons. The van der Waals surface area contributed by atoms with E-state index in [4.69, 9.17) is 10.7 Å². The van der Waals surface area contributed by atoms with Crippen molar-refractivity contribution in [3.8, 4) is 5.75 Å². The first-order chi connectivity index (χ1) is 14.8. The van der Waals surface area contributed by atoms with Gasteiger partial charge in [-0.15, -0.1) is 22.7 Å². The molecule has 6 rings (SSSR count). The van der Waals surface area contributed by atoms with Crippen LogP contribution in [-0.2, 0) is 12.8 Å². The summed E-state index contributed by atoms with van der Waals surface area (Å²) in [6.45, 7) is 0. The maximum atomic E-state index is 5.21. The van der Waals surface area contributed by atoms with Gasteiger partial charge < -0.3 is 4.84 Å². The number of thiophene rings is 2. The molecule has 30 heavy (non-hydrogen) atoms. The van der Waals surface area contributed by atoms with Gasteiger partial charge in [-0.05, 0) is 81.7 Å². The minimum absolute atomic E-state index is 0.694. The Bertz CT molecular complexity index is 1530. The Labute approximate surface area is 182 Å². The Morgan fingerprint density at radius 3 is 2.13 bits per heavy atom. The van der Waals surface area contributed by atoms with Gasteiger partial charge in [-0.3, -0.25) is 0 Å². The molecule has 2 aromatic heterocycles. The van der Waals surface area contributed by atoms with E-state index in [9.17, 15) is 0 Å². The lowest BCUT2D eigenvalue weighted by molar-refractivity contribution is 0.334. The van der Waals surface area contributed by atoms with Gasteiger partial charge in [-0.1, -0.05) is 36.4 Å². The Kier molecular flexibility index (Phi) is 4.23. The minimum Gasteiger partial charge on any atom is -0.412 e. The van der Waals surface area contributed by atoms with Crippen LogP contribution in [-0.4, -0.2) is 0 Å². The van der Waals surface area contributed by atoms with E-state index in [1.54, 1.807) is 0 Å². The van der Waals surface area contributed by atoms with E-state index in [1.807, 2.05) is 34.8 Å². The highest BCUT2D eigenvalue weighted by atomic mass is 32.1. The van der Waals surface area contributed by atoms with Crippen LogP contribution in [0.3, 0.4) is 0 Å². The maximum absolute atomic E-state index is 5.21. The third-order valence-corrected chi connectivity index (χ3v) is 8.03. The van der Waals surface area contributed by atoms with Crippen molar-refractivity contribution in [2.75, 3.05) is 0 Å². The minimum atomic E-state index is 0.694. The summed E-state index contributed by atoms with van der Waals surface area (Å²) in [7, 11) is 0. The second kappa shape index (κ2) is 7.10. The summed E-state index contributed by atoms with van der Waals surface area (Å²) in [4.78, 5) is 6.19. The van der Waals surface area contributed by atoms with Crippen molar-refractivity contribution in [3.63, 3.8) is 0 Å². The van der Waals surface area contributed by atoms with Crippen LogP contribution in [0.1, 0.15) is 10.4 Å². The smallest absolute Gasteiger partial charge is 0.146 e. The fourth-order valence-corrected chi connectivity index (χ4v) is 6.36. The van der Waals surface area contributed by atoms with Crippen molar-refractivity contribution in [2.45, 2.75) is 12.8 Å². The van der Waals surface area contributed by atoms with Crippen LogP contribution in [0.5, 0.6) is 5.75 Å². The molecule has 0 aliphatic rings. The lowest BCUT2D eigenvalue weighted by Gasteiger charge is -2.05. The Hall–Kier alpha value is -2.92. The molecule has 0 saturated heterocycles. The van der Waals surface area contributed by atoms with E-state index >= 15 is 0 Å². The van der Waals surface area contributed by atoms with Crippen LogP contribution in [0, 0.1) is 0 Å². The molecule has 0 aliphatic heterocycles. The van der Waals surface area contributed by atoms with E-state index in [0.717, 1.165) is 12.8 Å². The number of nitrogens with two attached hydrogens (primary N) is 1. The van der Waals surface area contributed by atoms with Gasteiger partial charge in [0.1, 0.15) is 5.75 Å². The van der Waals surface area contributed by atoms with E-state index in [-0.39, 0.29) is 0 Å². The van der Waals surface area contributed by atoms with Gasteiger partial charge in [-0.25, -0.2) is 0 Å². The molecule has 2 nitrogen and oxygen atoms in total. The first kappa shape index (κ1) is 17.9. The van der Waals surface area contributed by atoms with Crippen LogP contribution >= 0.6 is 22.7 Å². The predicted molar refractivity (Wildman–Crippen MR) is 131 cm³/mol. The summed E-state index contributed by atoms with van der Waals surface area (Å²) in [5, 5.41) is 10.2. The summed E-state index contributed by atoms with van der Waals surface area (Å²) in [6, 6.07) is 26.3. The zero-order valence-corrected chi connectivity index (χ0v) is 17.9. The van der Waals surface area contributed by atoms with Crippen molar-refractivity contribution in [1.82, 2.24) is 0 Å². The monoisotopic (exact) mass is 425 g/mol. The summed E-state index contributed by atoms with van der Waals surface area (Å²) in [6.07, 6.45) is 2.04. The Morgan fingerprint density at radius 1 is 0.667 bits per heavy atom. The average Bonchev–Trinajstić information content (AvgIpc) is 3.43. The highest BCUT2D eigenvalue weighted by molar-refractivity contribution is 7.20. The normalized spacial score (nSPS) is 11.8. The molecule has 146 valence electrons. The van der Waals surface area contributed by atoms with Crippen LogP contribution in [0.2, 0.25) is 0 Å². The van der Waals surface area contributed by atoms with Gasteiger partial charge in [0, 0.05) is 25.0 Å². The number of aryl methyl sites for hydroxylation is 2. The van der Waals surface area contributed by atoms with E-state index in [1.165, 1.54) is 52.2 Å². The van der Waals surface area contributed by atoms with Crippen LogP contribution in [0.25, 0.3) is 41.7 Å². The van der Waals surface area contributed by atoms with Gasteiger partial charge in [0.15, 0.2) is 0 Å². The van der Waals surface area contributed by atoms with Crippen LogP contribution < -0.4 is 10.7 Å². The third-order valence-electron chi connectivity index (χ3n) is 5.82. The summed E-state index contributed by atoms with van der Waals surface area (Å²) >= 11 is 3.75. The van der Waals surface area contributed by atoms with Gasteiger partial charge in [-0.2, -0.15) is 5.90 Å². The lowest BCUT2D eigenvalue weighted by Crippen LogP contribution is -2.01. The van der Waals surface area contributed by atoms with Crippen molar-refractivity contribution >= 4 is 64.4 Å². The van der Waals surface area contributed by atoms with E-state index < -0.39 is 0 Å². The lowest BCUT2D eigenvalue weighted by atomic mass is 10.0. The largest absolute Gasteiger partial charge is 0.412 e. The number of rotatable bonds is 4. The number of benzene rings is 4. The van der Waals surface area contributed by atoms with E-state index in [0.29, 0.717) is 5.75 Å². The molecule has 4 aromatic carbocycles. The molecule has 2 N–H and O–H groups in total. The predicted octanol–water partition coefficient (Wildman–Crippen LogP) is 7.46. The molecule has 0 spiro atoms. The molecule has 0 fully saturated rings. The number of hydrogen-bond acceptors (Lipinski definition) is 4. The zero-order chi connectivity index (χ0) is 20.1. The van der Waals surface area contributed by atoms with Crippen molar-refractivity contribution in [3.05, 3.63) is 88.6 Å². The molecular weight excluding hydrogens is 406 g/mol. The summed E-state index contributed by atoms with van der Waals surface area (Å²) in [5.41, 5.74) is 1.30. The second-order valence-electron chi connectivity index (χ2n) is 7.66. The second-order valence-corrected chi connectivity index (χ2v) is 9.71. The fraction of sp³-hybridized carbons (Fsp3) is 0.0769. The zero-order valence-electron chi connectivity index (χ0n) is 16.2. The van der Waals surface area contributed by atoms with Gasteiger partial charge in [0.25, 0.3) is 0 Å². The van der Waals surface area contributed by atoms with E-state index in [2.05, 4.69) is 66.0 Å². The maximum Gasteiger partial charge on any atom is 0.146 e. The Morgan fingerprint density at radius 2 is 1.37 bits per heavy atom. The molecule has 0 bridgehead atoms. The Balaban J connectivity index is 1.40. The average molecular weight is 426 g/mol. The number of hydrogen-bond donors (Lipinski definition) is 1. The van der Waals surface area contributed by atoms with Gasteiger partial charge in [0.05, 0.1) is 0 Å². The molecule has 6 aromatic rings. The van der Waals surface area contributed by atoms with Gasteiger partial charge >= 0.3 is 0 Å². The number of fused-ring (bicyclic) bond motifs is 6. The molecule has 0 atom stereocenters. The SMILES string of the molecule is NOc1ccc(CCc2cc3ccc4cc5c(ccc6ccsc65)cc4c3s2)cc1. The van der Waals surface area contributed by atoms with Crippen molar-refractivity contribution in [2.24, 2.45) is 5.90 Å². The molecule has 0 aliphatic carbocycles. The van der Waals surface area contributed by atoms with Crippen LogP contribution in [0.15, 0.2) is 78.2 Å². The highest BCUT2D eigenvalue weighted by Gasteiger charge is 2.10. The molecule has 0 saturated carbocycles. The molecule has 0 unspecified atom stereocenters. The molecule has 4 heteroatoms. The topological polar surface area (TPSA) is 35.2 Å². The van der Waals surface area contributed by atoms with Crippen molar-refractivity contribution in [1.29, 1.82) is 0 Å². The standard InChI is InChI=1S/C26H19NOS2/c27-28-21-8-1-16(2-9-21)3-10-22-13-20-7-6-19-14-23-18(15-24(19)26(20)30-22)5-4-17-11-12-29-25(17)23/h1-2,4-9,11-15H,3,10,27H2.